The Labute approximate surface area is 145 Å². The Balaban J connectivity index is 1.85. The van der Waals surface area contributed by atoms with Crippen LogP contribution in [0.2, 0.25) is 0 Å². The SMILES string of the molecule is CCCCCc1ccc2c(c1)/C(=N\C#N)[C@]1(CC[C@H](OC)CC1)C2. The normalized spacial score (nSPS) is 27.4. The van der Waals surface area contributed by atoms with Crippen molar-refractivity contribution in [3.8, 4) is 6.19 Å². The number of benzene rings is 1. The van der Waals surface area contributed by atoms with Crippen molar-refractivity contribution >= 4 is 5.71 Å². The van der Waals surface area contributed by atoms with Crippen LogP contribution in [0, 0.1) is 16.9 Å². The van der Waals surface area contributed by atoms with Gasteiger partial charge in [-0.25, -0.2) is 0 Å². The Morgan fingerprint density at radius 2 is 2.08 bits per heavy atom. The third-order valence-corrected chi connectivity index (χ3v) is 5.91. The second-order valence-electron chi connectivity index (χ2n) is 7.40. The maximum atomic E-state index is 9.24. The molecule has 2 aliphatic carbocycles. The lowest BCUT2D eigenvalue weighted by molar-refractivity contribution is 0.0468. The van der Waals surface area contributed by atoms with Gasteiger partial charge in [-0.15, -0.1) is 0 Å². The van der Waals surface area contributed by atoms with E-state index < -0.39 is 0 Å². The van der Waals surface area contributed by atoms with E-state index in [1.165, 1.54) is 36.0 Å². The Morgan fingerprint density at radius 3 is 2.75 bits per heavy atom. The van der Waals surface area contributed by atoms with Crippen LogP contribution in [0.3, 0.4) is 0 Å². The molecule has 2 aliphatic rings. The van der Waals surface area contributed by atoms with Crippen molar-refractivity contribution in [1.29, 1.82) is 5.26 Å². The highest BCUT2D eigenvalue weighted by molar-refractivity contribution is 6.09. The second kappa shape index (κ2) is 7.49. The molecule has 24 heavy (non-hydrogen) atoms. The van der Waals surface area contributed by atoms with E-state index in [0.29, 0.717) is 6.10 Å². The number of hydrogen-bond acceptors (Lipinski definition) is 3. The summed E-state index contributed by atoms with van der Waals surface area (Å²) in [5.41, 5.74) is 5.11. The van der Waals surface area contributed by atoms with Gasteiger partial charge in [0.2, 0.25) is 6.19 Å². The molecule has 1 spiro atoms. The molecule has 0 amide bonds. The molecule has 0 heterocycles. The molecule has 0 aromatic heterocycles. The van der Waals surface area contributed by atoms with Crippen LogP contribution < -0.4 is 0 Å². The lowest BCUT2D eigenvalue weighted by Crippen LogP contribution is -2.35. The van der Waals surface area contributed by atoms with Crippen LogP contribution in [0.4, 0.5) is 0 Å². The molecule has 1 aromatic carbocycles. The molecule has 0 bridgehead atoms. The first kappa shape index (κ1) is 17.2. The van der Waals surface area contributed by atoms with E-state index in [0.717, 1.165) is 44.2 Å². The number of aryl methyl sites for hydroxylation is 1. The first-order chi connectivity index (χ1) is 11.7. The molecule has 1 saturated carbocycles. The fourth-order valence-electron chi connectivity index (χ4n) is 4.49. The fourth-order valence-corrected chi connectivity index (χ4v) is 4.49. The summed E-state index contributed by atoms with van der Waals surface area (Å²) in [6.45, 7) is 2.24. The van der Waals surface area contributed by atoms with E-state index in [1.807, 2.05) is 0 Å². The van der Waals surface area contributed by atoms with E-state index in [2.05, 4.69) is 36.3 Å². The van der Waals surface area contributed by atoms with Crippen LogP contribution in [-0.2, 0) is 17.6 Å². The zero-order valence-electron chi connectivity index (χ0n) is 15.0. The molecule has 3 heteroatoms. The summed E-state index contributed by atoms with van der Waals surface area (Å²) in [7, 11) is 1.80. The fraction of sp³-hybridized carbons (Fsp3) is 0.619. The van der Waals surface area contributed by atoms with Crippen LogP contribution in [-0.4, -0.2) is 18.9 Å². The molecule has 0 saturated heterocycles. The van der Waals surface area contributed by atoms with Gasteiger partial charge in [0.1, 0.15) is 0 Å². The van der Waals surface area contributed by atoms with Crippen molar-refractivity contribution < 1.29 is 4.74 Å². The van der Waals surface area contributed by atoms with E-state index in [9.17, 15) is 5.26 Å². The molecule has 1 fully saturated rings. The number of methoxy groups -OCH3 is 1. The first-order valence-electron chi connectivity index (χ1n) is 9.34. The predicted molar refractivity (Wildman–Crippen MR) is 97.2 cm³/mol. The van der Waals surface area contributed by atoms with Crippen LogP contribution >= 0.6 is 0 Å². The number of nitriles is 1. The summed E-state index contributed by atoms with van der Waals surface area (Å²) in [6.07, 6.45) is 12.6. The average molecular weight is 324 g/mol. The lowest BCUT2D eigenvalue weighted by atomic mass is 9.70. The van der Waals surface area contributed by atoms with Gasteiger partial charge in [-0.1, -0.05) is 31.9 Å². The maximum absolute atomic E-state index is 9.24. The van der Waals surface area contributed by atoms with Crippen LogP contribution in [0.1, 0.15) is 68.6 Å². The van der Waals surface area contributed by atoms with Gasteiger partial charge in [0, 0.05) is 18.1 Å². The van der Waals surface area contributed by atoms with Gasteiger partial charge in [0.05, 0.1) is 11.8 Å². The van der Waals surface area contributed by atoms with Gasteiger partial charge in [-0.05, 0) is 62.1 Å². The first-order valence-corrected chi connectivity index (χ1v) is 9.34. The standard InChI is InChI=1S/C21H28N2O/c1-3-4-5-6-16-7-8-17-14-21(11-9-18(24-2)10-12-21)20(23-15-22)19(17)13-16/h7-8,13,18H,3-6,9-12,14H2,1-2H3/b23-20+/t18-,21-. The predicted octanol–water partition coefficient (Wildman–Crippen LogP) is 4.82. The molecular formula is C21H28N2O. The summed E-state index contributed by atoms with van der Waals surface area (Å²) in [4.78, 5) is 4.31. The lowest BCUT2D eigenvalue weighted by Gasteiger charge is -2.36. The molecule has 0 atom stereocenters. The molecule has 0 N–H and O–H groups in total. The number of ether oxygens (including phenoxy) is 1. The summed E-state index contributed by atoms with van der Waals surface area (Å²) in [5, 5.41) is 9.24. The summed E-state index contributed by atoms with van der Waals surface area (Å²) in [5.74, 6) is 0. The molecule has 0 unspecified atom stereocenters. The monoisotopic (exact) mass is 324 g/mol. The quantitative estimate of drug-likeness (QED) is 0.575. The van der Waals surface area contributed by atoms with Crippen molar-refractivity contribution in [2.24, 2.45) is 10.4 Å². The minimum Gasteiger partial charge on any atom is -0.381 e. The van der Waals surface area contributed by atoms with Gasteiger partial charge in [0.15, 0.2) is 0 Å². The molecular weight excluding hydrogens is 296 g/mol. The van der Waals surface area contributed by atoms with Crippen LogP contribution in [0.5, 0.6) is 0 Å². The Morgan fingerprint density at radius 1 is 1.29 bits per heavy atom. The maximum Gasteiger partial charge on any atom is 0.205 e. The largest absolute Gasteiger partial charge is 0.381 e. The summed E-state index contributed by atoms with van der Waals surface area (Å²) < 4.78 is 5.54. The third kappa shape index (κ3) is 3.26. The smallest absolute Gasteiger partial charge is 0.205 e. The molecule has 1 aromatic rings. The number of aliphatic imine (C=N–C) groups is 1. The molecule has 0 aliphatic heterocycles. The van der Waals surface area contributed by atoms with Crippen LogP contribution in [0.25, 0.3) is 0 Å². The van der Waals surface area contributed by atoms with Crippen molar-refractivity contribution in [3.05, 3.63) is 34.9 Å². The van der Waals surface area contributed by atoms with E-state index in [1.54, 1.807) is 7.11 Å². The molecule has 3 nitrogen and oxygen atoms in total. The number of rotatable bonds is 5. The topological polar surface area (TPSA) is 45.4 Å². The Kier molecular flexibility index (Phi) is 5.36. The van der Waals surface area contributed by atoms with E-state index >= 15 is 0 Å². The van der Waals surface area contributed by atoms with Crippen molar-refractivity contribution in [2.75, 3.05) is 7.11 Å². The molecule has 128 valence electrons. The van der Waals surface area contributed by atoms with Gasteiger partial charge < -0.3 is 4.74 Å². The van der Waals surface area contributed by atoms with Crippen molar-refractivity contribution in [2.45, 2.75) is 70.8 Å². The highest BCUT2D eigenvalue weighted by Crippen LogP contribution is 2.48. The van der Waals surface area contributed by atoms with Gasteiger partial charge >= 0.3 is 0 Å². The van der Waals surface area contributed by atoms with Gasteiger partial charge in [0.25, 0.3) is 0 Å². The van der Waals surface area contributed by atoms with Gasteiger partial charge in [-0.3, -0.25) is 0 Å². The highest BCUT2D eigenvalue weighted by atomic mass is 16.5. The van der Waals surface area contributed by atoms with Crippen molar-refractivity contribution in [1.82, 2.24) is 0 Å². The number of hydrogen-bond donors (Lipinski definition) is 0. The molecule has 0 radical (unpaired) electrons. The van der Waals surface area contributed by atoms with E-state index in [-0.39, 0.29) is 5.41 Å². The zero-order valence-corrected chi connectivity index (χ0v) is 15.0. The van der Waals surface area contributed by atoms with Crippen molar-refractivity contribution in [3.63, 3.8) is 0 Å². The zero-order chi connectivity index (χ0) is 17.0. The van der Waals surface area contributed by atoms with Gasteiger partial charge in [-0.2, -0.15) is 10.3 Å². The Bertz CT molecular complexity index is 648. The minimum absolute atomic E-state index is 0.0646. The minimum atomic E-state index is 0.0646. The van der Waals surface area contributed by atoms with Crippen LogP contribution in [0.15, 0.2) is 23.2 Å². The number of nitrogens with zero attached hydrogens (tertiary/aromatic N) is 2. The van der Waals surface area contributed by atoms with E-state index in [4.69, 9.17) is 4.74 Å². The molecule has 3 rings (SSSR count). The number of unbranched alkanes of at least 4 members (excludes halogenated alkanes) is 2. The summed E-state index contributed by atoms with van der Waals surface area (Å²) in [6, 6.07) is 6.86. The Hall–Kier alpha value is -1.66. The highest BCUT2D eigenvalue weighted by Gasteiger charge is 2.45. The average Bonchev–Trinajstić information content (AvgIpc) is 2.89. The summed E-state index contributed by atoms with van der Waals surface area (Å²) >= 11 is 0. The number of fused-ring (bicyclic) bond motifs is 1. The second-order valence-corrected chi connectivity index (χ2v) is 7.40. The third-order valence-electron chi connectivity index (χ3n) is 5.91.